The van der Waals surface area contributed by atoms with E-state index in [1.165, 1.54) is 22.8 Å². The average molecular weight is 415 g/mol. The molecule has 0 aliphatic heterocycles. The van der Waals surface area contributed by atoms with E-state index in [4.69, 9.17) is 16.3 Å². The second kappa shape index (κ2) is 8.57. The van der Waals surface area contributed by atoms with E-state index in [9.17, 15) is 14.0 Å². The Morgan fingerprint density at radius 1 is 1.28 bits per heavy atom. The summed E-state index contributed by atoms with van der Waals surface area (Å²) in [6.45, 7) is 5.64. The summed E-state index contributed by atoms with van der Waals surface area (Å²) in [7, 11) is 0. The lowest BCUT2D eigenvalue weighted by Gasteiger charge is -2.15. The molecular formula is C22H20ClFN2O3. The van der Waals surface area contributed by atoms with Crippen LogP contribution in [0.15, 0.2) is 41.2 Å². The van der Waals surface area contributed by atoms with Crippen molar-refractivity contribution >= 4 is 34.5 Å². The van der Waals surface area contributed by atoms with Crippen molar-refractivity contribution in [2.24, 2.45) is 0 Å². The number of aromatic nitrogens is 2. The van der Waals surface area contributed by atoms with Crippen molar-refractivity contribution in [1.82, 2.24) is 9.55 Å². The predicted molar refractivity (Wildman–Crippen MR) is 112 cm³/mol. The monoisotopic (exact) mass is 414 g/mol. The third kappa shape index (κ3) is 4.22. The lowest BCUT2D eigenvalue weighted by atomic mass is 10.1. The van der Waals surface area contributed by atoms with Gasteiger partial charge in [0.25, 0.3) is 5.56 Å². The third-order valence-electron chi connectivity index (χ3n) is 4.46. The van der Waals surface area contributed by atoms with Crippen molar-refractivity contribution in [2.75, 3.05) is 6.61 Å². The number of carbonyl (C=O) groups is 1. The highest BCUT2D eigenvalue weighted by molar-refractivity contribution is 6.30. The van der Waals surface area contributed by atoms with Crippen molar-refractivity contribution < 1.29 is 13.9 Å². The number of carbonyl (C=O) groups excluding carboxylic acids is 1. The van der Waals surface area contributed by atoms with Crippen molar-refractivity contribution in [3.8, 4) is 5.69 Å². The van der Waals surface area contributed by atoms with Crippen molar-refractivity contribution in [1.29, 1.82) is 0 Å². The first-order chi connectivity index (χ1) is 13.8. The standard InChI is InChI=1S/C22H20ClFN2O3/c1-4-20-25-18-12-17(24)14(6-9-21(27)29-5-2)11-16(18)22(28)26(20)19-8-7-15(23)10-13(19)3/h6-12H,4-5H2,1-3H3. The minimum atomic E-state index is -0.583. The molecule has 2 aromatic carbocycles. The number of rotatable bonds is 5. The second-order valence-corrected chi connectivity index (χ2v) is 6.87. The number of halogens is 2. The number of esters is 1. The van der Waals surface area contributed by atoms with Crippen molar-refractivity contribution in [3.05, 3.63) is 74.6 Å². The van der Waals surface area contributed by atoms with Gasteiger partial charge in [0.1, 0.15) is 11.6 Å². The Labute approximate surface area is 172 Å². The highest BCUT2D eigenvalue weighted by Gasteiger charge is 2.15. The molecule has 0 bridgehead atoms. The number of aryl methyl sites for hydroxylation is 2. The predicted octanol–water partition coefficient (Wildman–Crippen LogP) is 4.63. The van der Waals surface area contributed by atoms with Gasteiger partial charge < -0.3 is 4.74 Å². The van der Waals surface area contributed by atoms with E-state index in [-0.39, 0.29) is 28.6 Å². The van der Waals surface area contributed by atoms with Gasteiger partial charge in [-0.25, -0.2) is 14.2 Å². The number of hydrogen-bond donors (Lipinski definition) is 0. The van der Waals surface area contributed by atoms with E-state index < -0.39 is 11.8 Å². The van der Waals surface area contributed by atoms with Crippen LogP contribution in [0.1, 0.15) is 30.8 Å². The molecule has 0 aliphatic carbocycles. The fraction of sp³-hybridized carbons (Fsp3) is 0.227. The molecule has 0 saturated heterocycles. The van der Waals surface area contributed by atoms with Crippen LogP contribution in [0.5, 0.6) is 0 Å². The van der Waals surface area contributed by atoms with Gasteiger partial charge in [-0.15, -0.1) is 0 Å². The minimum Gasteiger partial charge on any atom is -0.463 e. The highest BCUT2D eigenvalue weighted by Crippen LogP contribution is 2.22. The van der Waals surface area contributed by atoms with Crippen LogP contribution in [0.3, 0.4) is 0 Å². The fourth-order valence-corrected chi connectivity index (χ4v) is 3.33. The summed E-state index contributed by atoms with van der Waals surface area (Å²) in [6.07, 6.45) is 2.90. The zero-order valence-corrected chi connectivity index (χ0v) is 17.1. The molecule has 150 valence electrons. The molecule has 1 heterocycles. The Hall–Kier alpha value is -2.99. The molecule has 0 unspecified atom stereocenters. The zero-order valence-electron chi connectivity index (χ0n) is 16.3. The topological polar surface area (TPSA) is 61.2 Å². The largest absolute Gasteiger partial charge is 0.463 e. The highest BCUT2D eigenvalue weighted by atomic mass is 35.5. The van der Waals surface area contributed by atoms with E-state index in [0.717, 1.165) is 11.6 Å². The Bertz CT molecular complexity index is 1180. The van der Waals surface area contributed by atoms with E-state index in [2.05, 4.69) is 4.98 Å². The van der Waals surface area contributed by atoms with Crippen LogP contribution >= 0.6 is 11.6 Å². The molecule has 0 radical (unpaired) electrons. The maximum Gasteiger partial charge on any atom is 0.330 e. The Morgan fingerprint density at radius 3 is 2.69 bits per heavy atom. The summed E-state index contributed by atoms with van der Waals surface area (Å²) in [5.74, 6) is -0.643. The summed E-state index contributed by atoms with van der Waals surface area (Å²) in [5.41, 5.74) is 1.54. The lowest BCUT2D eigenvalue weighted by molar-refractivity contribution is -0.137. The molecule has 0 saturated carbocycles. The molecule has 5 nitrogen and oxygen atoms in total. The van der Waals surface area contributed by atoms with E-state index >= 15 is 0 Å². The van der Waals surface area contributed by atoms with Gasteiger partial charge in [0.2, 0.25) is 0 Å². The van der Waals surface area contributed by atoms with Crippen LogP contribution in [0, 0.1) is 12.7 Å². The molecular weight excluding hydrogens is 395 g/mol. The molecule has 0 amide bonds. The lowest BCUT2D eigenvalue weighted by Crippen LogP contribution is -2.24. The number of nitrogens with zero attached hydrogens (tertiary/aromatic N) is 2. The van der Waals surface area contributed by atoms with Gasteiger partial charge in [0.05, 0.1) is 23.2 Å². The number of ether oxygens (including phenoxy) is 1. The fourth-order valence-electron chi connectivity index (χ4n) is 3.10. The Morgan fingerprint density at radius 2 is 2.03 bits per heavy atom. The van der Waals surface area contributed by atoms with Gasteiger partial charge >= 0.3 is 5.97 Å². The van der Waals surface area contributed by atoms with Crippen LogP contribution in [0.2, 0.25) is 5.02 Å². The van der Waals surface area contributed by atoms with E-state index in [1.807, 2.05) is 13.8 Å². The zero-order chi connectivity index (χ0) is 21.1. The smallest absolute Gasteiger partial charge is 0.330 e. The summed E-state index contributed by atoms with van der Waals surface area (Å²) in [4.78, 5) is 29.3. The summed E-state index contributed by atoms with van der Waals surface area (Å²) >= 11 is 6.04. The molecule has 3 aromatic rings. The van der Waals surface area contributed by atoms with Crippen LogP contribution in [0.4, 0.5) is 4.39 Å². The van der Waals surface area contributed by atoms with Gasteiger partial charge in [-0.3, -0.25) is 9.36 Å². The molecule has 0 fully saturated rings. The average Bonchev–Trinajstić information content (AvgIpc) is 2.67. The van der Waals surface area contributed by atoms with Crippen molar-refractivity contribution in [3.63, 3.8) is 0 Å². The first kappa shape index (κ1) is 20.7. The first-order valence-electron chi connectivity index (χ1n) is 9.22. The quantitative estimate of drug-likeness (QED) is 0.451. The minimum absolute atomic E-state index is 0.105. The van der Waals surface area contributed by atoms with Gasteiger partial charge in [-0.1, -0.05) is 18.5 Å². The van der Waals surface area contributed by atoms with Crippen molar-refractivity contribution in [2.45, 2.75) is 27.2 Å². The molecule has 1 aromatic heterocycles. The van der Waals surface area contributed by atoms with E-state index in [1.54, 1.807) is 25.1 Å². The van der Waals surface area contributed by atoms with Gasteiger partial charge in [-0.05, 0) is 49.8 Å². The van der Waals surface area contributed by atoms with Gasteiger partial charge in [-0.2, -0.15) is 0 Å². The Balaban J connectivity index is 2.23. The maximum absolute atomic E-state index is 14.5. The van der Waals surface area contributed by atoms with Crippen LogP contribution in [-0.2, 0) is 16.0 Å². The molecule has 7 heteroatoms. The Kier molecular flexibility index (Phi) is 6.13. The number of fused-ring (bicyclic) bond motifs is 1. The van der Waals surface area contributed by atoms with Gasteiger partial charge in [0.15, 0.2) is 0 Å². The molecule has 0 N–H and O–H groups in total. The molecule has 29 heavy (non-hydrogen) atoms. The number of benzene rings is 2. The van der Waals surface area contributed by atoms with Gasteiger partial charge in [0, 0.05) is 29.1 Å². The second-order valence-electron chi connectivity index (χ2n) is 6.43. The van der Waals surface area contributed by atoms with Crippen LogP contribution < -0.4 is 5.56 Å². The van der Waals surface area contributed by atoms with Crippen LogP contribution in [-0.4, -0.2) is 22.1 Å². The van der Waals surface area contributed by atoms with E-state index in [0.29, 0.717) is 23.0 Å². The first-order valence-corrected chi connectivity index (χ1v) is 9.60. The molecule has 0 atom stereocenters. The normalized spacial score (nSPS) is 11.3. The molecule has 0 spiro atoms. The van der Waals surface area contributed by atoms with Crippen LogP contribution in [0.25, 0.3) is 22.7 Å². The summed E-state index contributed by atoms with van der Waals surface area (Å²) in [5, 5.41) is 0.820. The molecule has 0 aliphatic rings. The summed E-state index contributed by atoms with van der Waals surface area (Å²) < 4.78 is 20.8. The maximum atomic E-state index is 14.5. The number of hydrogen-bond acceptors (Lipinski definition) is 4. The molecule has 3 rings (SSSR count). The summed E-state index contributed by atoms with van der Waals surface area (Å²) in [6, 6.07) is 7.84. The SMILES string of the molecule is CCOC(=O)C=Cc1cc2c(=O)n(-c3ccc(Cl)cc3C)c(CC)nc2cc1F. The third-order valence-corrected chi connectivity index (χ3v) is 4.69.